The molecule has 1 saturated heterocycles. The van der Waals surface area contributed by atoms with E-state index in [0.717, 1.165) is 19.4 Å². The molecule has 1 aromatic heterocycles. The normalized spacial score (nSPS) is 20.1. The van der Waals surface area contributed by atoms with Crippen molar-refractivity contribution in [2.45, 2.75) is 51.4 Å². The minimum Gasteiger partial charge on any atom is -0.361 e. The van der Waals surface area contributed by atoms with E-state index < -0.39 is 10.0 Å². The molecule has 114 valence electrons. The first-order valence-corrected chi connectivity index (χ1v) is 8.64. The monoisotopic (exact) mass is 301 g/mol. The Morgan fingerprint density at radius 3 is 2.80 bits per heavy atom. The van der Waals surface area contributed by atoms with E-state index in [1.54, 1.807) is 17.3 Å². The zero-order valence-electron chi connectivity index (χ0n) is 12.3. The Hall–Kier alpha value is -0.920. The molecule has 1 aromatic rings. The molecule has 0 radical (unpaired) electrons. The van der Waals surface area contributed by atoms with Crippen molar-refractivity contribution in [3.8, 4) is 0 Å². The molecule has 1 aliphatic heterocycles. The maximum atomic E-state index is 12.6. The number of aryl methyl sites for hydroxylation is 1. The topological polar surface area (TPSA) is 75.4 Å². The second kappa shape index (κ2) is 6.24. The van der Waals surface area contributed by atoms with Gasteiger partial charge in [0.1, 0.15) is 17.2 Å². The quantitative estimate of drug-likeness (QED) is 0.856. The Kier molecular flexibility index (Phi) is 4.82. The molecule has 1 unspecified atom stereocenters. The van der Waals surface area contributed by atoms with Gasteiger partial charge in [-0.05, 0) is 40.2 Å². The Balaban J connectivity index is 2.09. The van der Waals surface area contributed by atoms with E-state index in [9.17, 15) is 8.42 Å². The Morgan fingerprint density at radius 1 is 1.55 bits per heavy atom. The van der Waals surface area contributed by atoms with Gasteiger partial charge in [0.25, 0.3) is 0 Å². The van der Waals surface area contributed by atoms with Crippen LogP contribution in [0.5, 0.6) is 0 Å². The third-order valence-electron chi connectivity index (χ3n) is 3.50. The van der Waals surface area contributed by atoms with E-state index in [1.807, 2.05) is 13.8 Å². The van der Waals surface area contributed by atoms with E-state index >= 15 is 0 Å². The molecule has 0 saturated carbocycles. The number of hydrogen-bond acceptors (Lipinski definition) is 5. The highest BCUT2D eigenvalue weighted by atomic mass is 32.2. The van der Waals surface area contributed by atoms with Crippen LogP contribution in [-0.2, 0) is 15.8 Å². The summed E-state index contributed by atoms with van der Waals surface area (Å²) in [5.41, 5.74) is 0.465. The van der Waals surface area contributed by atoms with Crippen molar-refractivity contribution in [1.29, 1.82) is 0 Å². The molecule has 6 nitrogen and oxygen atoms in total. The van der Waals surface area contributed by atoms with Gasteiger partial charge in [0.2, 0.25) is 10.0 Å². The zero-order valence-corrected chi connectivity index (χ0v) is 13.1. The predicted molar refractivity (Wildman–Crippen MR) is 76.7 cm³/mol. The highest BCUT2D eigenvalue weighted by Gasteiger charge is 2.29. The third-order valence-corrected chi connectivity index (χ3v) is 5.45. The van der Waals surface area contributed by atoms with Crippen LogP contribution in [0.25, 0.3) is 0 Å². The molecule has 7 heteroatoms. The third kappa shape index (κ3) is 3.80. The van der Waals surface area contributed by atoms with Gasteiger partial charge in [0, 0.05) is 24.7 Å². The van der Waals surface area contributed by atoms with Crippen molar-refractivity contribution in [2.24, 2.45) is 0 Å². The summed E-state index contributed by atoms with van der Waals surface area (Å²) in [5.74, 6) is 0.527. The van der Waals surface area contributed by atoms with Crippen molar-refractivity contribution >= 4 is 10.0 Å². The van der Waals surface area contributed by atoms with Gasteiger partial charge in [-0.2, -0.15) is 4.31 Å². The standard InChI is InChI=1S/C13H23N3O3S/c1-10(2)16(8-12-5-4-6-14-12)20(17,18)9-13-7-11(3)19-15-13/h7,10,12,14H,4-6,8-9H2,1-3H3. The summed E-state index contributed by atoms with van der Waals surface area (Å²) in [4.78, 5) is 0. The summed E-state index contributed by atoms with van der Waals surface area (Å²) in [5, 5.41) is 7.12. The first-order valence-electron chi connectivity index (χ1n) is 7.03. The van der Waals surface area contributed by atoms with Crippen molar-refractivity contribution < 1.29 is 12.9 Å². The zero-order chi connectivity index (χ0) is 14.8. The predicted octanol–water partition coefficient (Wildman–Crippen LogP) is 1.28. The summed E-state index contributed by atoms with van der Waals surface area (Å²) < 4.78 is 31.6. The lowest BCUT2D eigenvalue weighted by atomic mass is 10.2. The van der Waals surface area contributed by atoms with E-state index in [1.165, 1.54) is 0 Å². The second-order valence-corrected chi connectivity index (χ2v) is 7.56. The lowest BCUT2D eigenvalue weighted by Gasteiger charge is -2.28. The van der Waals surface area contributed by atoms with Crippen LogP contribution in [0.15, 0.2) is 10.6 Å². The number of rotatable bonds is 6. The maximum Gasteiger partial charge on any atom is 0.220 e. The van der Waals surface area contributed by atoms with Crippen LogP contribution in [-0.4, -0.2) is 43.1 Å². The summed E-state index contributed by atoms with van der Waals surface area (Å²) in [6.45, 7) is 7.06. The number of sulfonamides is 1. The van der Waals surface area contributed by atoms with Crippen molar-refractivity contribution in [3.63, 3.8) is 0 Å². The first kappa shape index (κ1) is 15.5. The molecular weight excluding hydrogens is 278 g/mol. The van der Waals surface area contributed by atoms with Gasteiger partial charge < -0.3 is 9.84 Å². The Morgan fingerprint density at radius 2 is 2.30 bits per heavy atom. The van der Waals surface area contributed by atoms with Crippen LogP contribution in [0.3, 0.4) is 0 Å². The highest BCUT2D eigenvalue weighted by molar-refractivity contribution is 7.88. The molecule has 0 bridgehead atoms. The first-order chi connectivity index (χ1) is 9.38. The second-order valence-electron chi connectivity index (χ2n) is 5.64. The molecule has 20 heavy (non-hydrogen) atoms. The molecule has 1 N–H and O–H groups in total. The largest absolute Gasteiger partial charge is 0.361 e. The number of nitrogens with zero attached hydrogens (tertiary/aromatic N) is 2. The van der Waals surface area contributed by atoms with Gasteiger partial charge in [0.15, 0.2) is 0 Å². The minimum atomic E-state index is -3.38. The van der Waals surface area contributed by atoms with Gasteiger partial charge >= 0.3 is 0 Å². The molecule has 0 aromatic carbocycles. The van der Waals surface area contributed by atoms with Gasteiger partial charge in [-0.1, -0.05) is 5.16 Å². The van der Waals surface area contributed by atoms with Crippen molar-refractivity contribution in [3.05, 3.63) is 17.5 Å². The molecule has 0 amide bonds. The summed E-state index contributed by atoms with van der Waals surface area (Å²) in [6.07, 6.45) is 2.14. The van der Waals surface area contributed by atoms with Crippen molar-refractivity contribution in [1.82, 2.24) is 14.8 Å². The number of hydrogen-bond donors (Lipinski definition) is 1. The van der Waals surface area contributed by atoms with E-state index in [0.29, 0.717) is 18.0 Å². The minimum absolute atomic E-state index is 0.0598. The van der Waals surface area contributed by atoms with E-state index in [2.05, 4.69) is 10.5 Å². The lowest BCUT2D eigenvalue weighted by Crippen LogP contribution is -2.45. The average Bonchev–Trinajstić information content (AvgIpc) is 2.96. The fourth-order valence-corrected chi connectivity index (χ4v) is 4.26. The molecule has 2 rings (SSSR count). The summed E-state index contributed by atoms with van der Waals surface area (Å²) in [7, 11) is -3.38. The smallest absolute Gasteiger partial charge is 0.220 e. The highest BCUT2D eigenvalue weighted by Crippen LogP contribution is 2.17. The molecular formula is C13H23N3O3S. The van der Waals surface area contributed by atoms with Gasteiger partial charge in [-0.3, -0.25) is 0 Å². The number of aromatic nitrogens is 1. The lowest BCUT2D eigenvalue weighted by molar-refractivity contribution is 0.321. The molecule has 1 atom stereocenters. The molecule has 1 fully saturated rings. The molecule has 0 spiro atoms. The van der Waals surface area contributed by atoms with E-state index in [4.69, 9.17) is 4.52 Å². The van der Waals surface area contributed by atoms with Crippen molar-refractivity contribution in [2.75, 3.05) is 13.1 Å². The summed E-state index contributed by atoms with van der Waals surface area (Å²) >= 11 is 0. The summed E-state index contributed by atoms with van der Waals surface area (Å²) in [6, 6.07) is 1.87. The van der Waals surface area contributed by atoms with Crippen LogP contribution in [0.2, 0.25) is 0 Å². The fraction of sp³-hybridized carbons (Fsp3) is 0.769. The SMILES string of the molecule is Cc1cc(CS(=O)(=O)N(CC2CCCN2)C(C)C)no1. The van der Waals surface area contributed by atoms with Gasteiger partial charge in [0.05, 0.1) is 0 Å². The Labute approximate surface area is 120 Å². The van der Waals surface area contributed by atoms with Crippen LogP contribution in [0.4, 0.5) is 0 Å². The molecule has 1 aliphatic rings. The maximum absolute atomic E-state index is 12.6. The van der Waals surface area contributed by atoms with Crippen LogP contribution >= 0.6 is 0 Å². The van der Waals surface area contributed by atoms with Gasteiger partial charge in [-0.15, -0.1) is 0 Å². The average molecular weight is 301 g/mol. The van der Waals surface area contributed by atoms with Crippen LogP contribution < -0.4 is 5.32 Å². The molecule has 0 aliphatic carbocycles. The van der Waals surface area contributed by atoms with Gasteiger partial charge in [-0.25, -0.2) is 8.42 Å². The van der Waals surface area contributed by atoms with Crippen LogP contribution in [0, 0.1) is 6.92 Å². The van der Waals surface area contributed by atoms with E-state index in [-0.39, 0.29) is 17.8 Å². The molecule has 2 heterocycles. The van der Waals surface area contributed by atoms with Crippen LogP contribution in [0.1, 0.15) is 38.1 Å². The fourth-order valence-electron chi connectivity index (χ4n) is 2.53. The number of nitrogens with one attached hydrogen (secondary N) is 1. The Bertz CT molecular complexity index is 533.